The maximum atomic E-state index is 12.9. The zero-order valence-electron chi connectivity index (χ0n) is 13.7. The van der Waals surface area contributed by atoms with Gasteiger partial charge in [-0.1, -0.05) is 60.7 Å². The molecule has 2 aromatic carbocycles. The van der Waals surface area contributed by atoms with Crippen molar-refractivity contribution in [1.29, 1.82) is 0 Å². The maximum absolute atomic E-state index is 12.9. The second-order valence-electron chi connectivity index (χ2n) is 5.88. The smallest absolute Gasteiger partial charge is 0.282 e. The van der Waals surface area contributed by atoms with Gasteiger partial charge in [0.15, 0.2) is 0 Å². The molecule has 0 amide bonds. The SMILES string of the molecule is CN(Cc1ccccc1)S(=O)(=O)N1CCO[C@@H](c2ccccc2)C1. The summed E-state index contributed by atoms with van der Waals surface area (Å²) in [6.45, 7) is 1.48. The van der Waals surface area contributed by atoms with Crippen molar-refractivity contribution in [2.45, 2.75) is 12.6 Å². The predicted molar refractivity (Wildman–Crippen MR) is 93.5 cm³/mol. The molecule has 1 heterocycles. The molecule has 1 saturated heterocycles. The van der Waals surface area contributed by atoms with Crippen LogP contribution in [-0.2, 0) is 21.5 Å². The molecule has 6 heteroatoms. The summed E-state index contributed by atoms with van der Waals surface area (Å²) in [5.41, 5.74) is 1.97. The molecule has 0 aliphatic carbocycles. The van der Waals surface area contributed by atoms with Gasteiger partial charge in [-0.2, -0.15) is 17.0 Å². The van der Waals surface area contributed by atoms with E-state index in [0.717, 1.165) is 11.1 Å². The van der Waals surface area contributed by atoms with E-state index in [1.165, 1.54) is 8.61 Å². The van der Waals surface area contributed by atoms with Crippen LogP contribution in [-0.4, -0.2) is 43.8 Å². The van der Waals surface area contributed by atoms with E-state index >= 15 is 0 Å². The molecule has 128 valence electrons. The van der Waals surface area contributed by atoms with Crippen molar-refractivity contribution in [2.75, 3.05) is 26.7 Å². The van der Waals surface area contributed by atoms with E-state index in [9.17, 15) is 8.42 Å². The number of ether oxygens (including phenoxy) is 1. The van der Waals surface area contributed by atoms with Crippen LogP contribution in [0.15, 0.2) is 60.7 Å². The fourth-order valence-corrected chi connectivity index (χ4v) is 4.16. The molecule has 0 aromatic heterocycles. The third kappa shape index (κ3) is 3.84. The molecule has 0 N–H and O–H groups in total. The molecular formula is C18H22N2O3S. The number of hydrogen-bond donors (Lipinski definition) is 0. The molecule has 0 spiro atoms. The van der Waals surface area contributed by atoms with Crippen LogP contribution in [0.2, 0.25) is 0 Å². The zero-order valence-corrected chi connectivity index (χ0v) is 14.5. The first-order valence-corrected chi connectivity index (χ1v) is 9.39. The summed E-state index contributed by atoms with van der Waals surface area (Å²) in [5.74, 6) is 0. The van der Waals surface area contributed by atoms with Gasteiger partial charge in [0.2, 0.25) is 0 Å². The van der Waals surface area contributed by atoms with Crippen molar-refractivity contribution in [3.8, 4) is 0 Å². The Morgan fingerprint density at radius 1 is 1.08 bits per heavy atom. The third-order valence-corrected chi connectivity index (χ3v) is 6.07. The second-order valence-corrected chi connectivity index (χ2v) is 7.91. The number of hydrogen-bond acceptors (Lipinski definition) is 3. The lowest BCUT2D eigenvalue weighted by Gasteiger charge is -2.34. The van der Waals surface area contributed by atoms with Crippen LogP contribution in [0, 0.1) is 0 Å². The minimum absolute atomic E-state index is 0.222. The van der Waals surface area contributed by atoms with E-state index in [1.54, 1.807) is 7.05 Å². The van der Waals surface area contributed by atoms with Gasteiger partial charge in [0.25, 0.3) is 10.2 Å². The van der Waals surface area contributed by atoms with Gasteiger partial charge in [-0.15, -0.1) is 0 Å². The van der Waals surface area contributed by atoms with Crippen molar-refractivity contribution in [3.05, 3.63) is 71.8 Å². The first-order valence-electron chi connectivity index (χ1n) is 7.99. The van der Waals surface area contributed by atoms with Gasteiger partial charge < -0.3 is 4.74 Å². The minimum atomic E-state index is -3.51. The Hall–Kier alpha value is -1.73. The van der Waals surface area contributed by atoms with E-state index in [1.807, 2.05) is 60.7 Å². The maximum Gasteiger partial charge on any atom is 0.282 e. The highest BCUT2D eigenvalue weighted by atomic mass is 32.2. The monoisotopic (exact) mass is 346 g/mol. The van der Waals surface area contributed by atoms with Gasteiger partial charge in [-0.3, -0.25) is 0 Å². The van der Waals surface area contributed by atoms with Crippen LogP contribution in [0.3, 0.4) is 0 Å². The predicted octanol–water partition coefficient (Wildman–Crippen LogP) is 2.44. The Morgan fingerprint density at radius 3 is 2.38 bits per heavy atom. The summed E-state index contributed by atoms with van der Waals surface area (Å²) in [4.78, 5) is 0. The van der Waals surface area contributed by atoms with Crippen LogP contribution < -0.4 is 0 Å². The van der Waals surface area contributed by atoms with Crippen molar-refractivity contribution >= 4 is 10.2 Å². The quantitative estimate of drug-likeness (QED) is 0.835. The molecule has 24 heavy (non-hydrogen) atoms. The van der Waals surface area contributed by atoms with Crippen molar-refractivity contribution < 1.29 is 13.2 Å². The Kier molecular flexibility index (Phi) is 5.30. The highest BCUT2D eigenvalue weighted by molar-refractivity contribution is 7.86. The first-order chi connectivity index (χ1) is 11.6. The summed E-state index contributed by atoms with van der Waals surface area (Å²) < 4.78 is 34.4. The Labute approximate surface area is 143 Å². The molecule has 5 nitrogen and oxygen atoms in total. The zero-order chi connectivity index (χ0) is 17.0. The summed E-state index contributed by atoms with van der Waals surface area (Å²) in [6, 6.07) is 19.4. The molecule has 0 saturated carbocycles. The van der Waals surface area contributed by atoms with Crippen molar-refractivity contribution in [2.24, 2.45) is 0 Å². The lowest BCUT2D eigenvalue weighted by Crippen LogP contribution is -2.47. The van der Waals surface area contributed by atoms with Crippen molar-refractivity contribution in [3.63, 3.8) is 0 Å². The molecule has 3 rings (SSSR count). The third-order valence-electron chi connectivity index (χ3n) is 4.17. The summed E-state index contributed by atoms with van der Waals surface area (Å²) in [7, 11) is -1.89. The summed E-state index contributed by atoms with van der Waals surface area (Å²) in [5, 5.41) is 0. The molecule has 1 atom stereocenters. The summed E-state index contributed by atoms with van der Waals surface area (Å²) >= 11 is 0. The number of nitrogens with zero attached hydrogens (tertiary/aromatic N) is 2. The molecule has 0 bridgehead atoms. The lowest BCUT2D eigenvalue weighted by atomic mass is 10.1. The van der Waals surface area contributed by atoms with Gasteiger partial charge >= 0.3 is 0 Å². The average molecular weight is 346 g/mol. The van der Waals surface area contributed by atoms with Crippen LogP contribution in [0.4, 0.5) is 0 Å². The Morgan fingerprint density at radius 2 is 1.71 bits per heavy atom. The van der Waals surface area contributed by atoms with E-state index in [0.29, 0.717) is 26.2 Å². The molecule has 1 aliphatic rings. The van der Waals surface area contributed by atoms with Crippen LogP contribution >= 0.6 is 0 Å². The molecule has 1 aliphatic heterocycles. The van der Waals surface area contributed by atoms with Gasteiger partial charge in [0.1, 0.15) is 0 Å². The second kappa shape index (κ2) is 7.44. The topological polar surface area (TPSA) is 49.9 Å². The van der Waals surface area contributed by atoms with Crippen LogP contribution in [0.25, 0.3) is 0 Å². The normalized spacial score (nSPS) is 19.5. The van der Waals surface area contributed by atoms with Crippen LogP contribution in [0.5, 0.6) is 0 Å². The largest absolute Gasteiger partial charge is 0.371 e. The van der Waals surface area contributed by atoms with Crippen LogP contribution in [0.1, 0.15) is 17.2 Å². The van der Waals surface area contributed by atoms with E-state index < -0.39 is 10.2 Å². The van der Waals surface area contributed by atoms with Gasteiger partial charge in [-0.25, -0.2) is 0 Å². The van der Waals surface area contributed by atoms with E-state index in [2.05, 4.69) is 0 Å². The number of benzene rings is 2. The minimum Gasteiger partial charge on any atom is -0.371 e. The standard InChI is InChI=1S/C18H22N2O3S/c1-19(14-16-8-4-2-5-9-16)24(21,22)20-12-13-23-18(15-20)17-10-6-3-7-11-17/h2-11,18H,12-15H2,1H3/t18-/m1/s1. The van der Waals surface area contributed by atoms with Gasteiger partial charge in [-0.05, 0) is 11.1 Å². The Bertz CT molecular complexity index is 750. The van der Waals surface area contributed by atoms with Gasteiger partial charge in [0.05, 0.1) is 12.7 Å². The highest BCUT2D eigenvalue weighted by Gasteiger charge is 2.32. The molecule has 0 unspecified atom stereocenters. The van der Waals surface area contributed by atoms with Crippen molar-refractivity contribution in [1.82, 2.24) is 8.61 Å². The van der Waals surface area contributed by atoms with E-state index in [-0.39, 0.29) is 6.10 Å². The fraction of sp³-hybridized carbons (Fsp3) is 0.333. The Balaban J connectivity index is 1.72. The van der Waals surface area contributed by atoms with Gasteiger partial charge in [0, 0.05) is 26.7 Å². The highest BCUT2D eigenvalue weighted by Crippen LogP contribution is 2.24. The molecule has 1 fully saturated rings. The lowest BCUT2D eigenvalue weighted by molar-refractivity contribution is -0.00414. The molecular weight excluding hydrogens is 324 g/mol. The van der Waals surface area contributed by atoms with E-state index in [4.69, 9.17) is 4.74 Å². The summed E-state index contributed by atoms with van der Waals surface area (Å²) in [6.07, 6.45) is -0.222. The molecule has 0 radical (unpaired) electrons. The number of morpholine rings is 1. The molecule has 2 aromatic rings. The average Bonchev–Trinajstić information content (AvgIpc) is 2.63. The first kappa shape index (κ1) is 17.1. The number of rotatable bonds is 5. The fourth-order valence-electron chi connectivity index (χ4n) is 2.82.